The van der Waals surface area contributed by atoms with Crippen LogP contribution in [0.4, 0.5) is 0 Å². The summed E-state index contributed by atoms with van der Waals surface area (Å²) in [5, 5.41) is 4.02. The number of nitrogens with one attached hydrogen (secondary N) is 3. The molecule has 7 heteroatoms. The fourth-order valence-corrected chi connectivity index (χ4v) is 1.92. The number of guanidine groups is 1. The van der Waals surface area contributed by atoms with Gasteiger partial charge in [0, 0.05) is 24.4 Å². The zero-order valence-corrected chi connectivity index (χ0v) is 12.0. The third kappa shape index (κ3) is 4.20. The van der Waals surface area contributed by atoms with E-state index >= 15 is 0 Å². The molecule has 0 saturated heterocycles. The van der Waals surface area contributed by atoms with Crippen LogP contribution in [0.25, 0.3) is 11.0 Å². The van der Waals surface area contributed by atoms with Crippen molar-refractivity contribution in [3.05, 3.63) is 34.2 Å². The number of nitrogens with two attached hydrogens (primary N) is 1. The molecule has 7 nitrogen and oxygen atoms in total. The van der Waals surface area contributed by atoms with Gasteiger partial charge in [-0.3, -0.25) is 9.79 Å². The van der Waals surface area contributed by atoms with Gasteiger partial charge in [-0.15, -0.1) is 0 Å². The van der Waals surface area contributed by atoms with E-state index in [-0.39, 0.29) is 11.5 Å². The second kappa shape index (κ2) is 7.28. The zero-order valence-electron chi connectivity index (χ0n) is 12.0. The van der Waals surface area contributed by atoms with Gasteiger partial charge in [0.1, 0.15) is 0 Å². The van der Waals surface area contributed by atoms with E-state index in [4.69, 9.17) is 5.73 Å². The van der Waals surface area contributed by atoms with E-state index in [2.05, 4.69) is 32.4 Å². The number of aliphatic imine (C=N–C) groups is 1. The number of fused-ring (bicyclic) bond motifs is 1. The maximum Gasteiger partial charge on any atom is 0.248 e. The van der Waals surface area contributed by atoms with Gasteiger partial charge < -0.3 is 15.7 Å². The van der Waals surface area contributed by atoms with Crippen molar-refractivity contribution >= 4 is 23.2 Å². The number of H-pyrrole nitrogens is 2. The van der Waals surface area contributed by atoms with E-state index in [1.807, 2.05) is 0 Å². The van der Waals surface area contributed by atoms with Crippen LogP contribution in [0.1, 0.15) is 31.7 Å². The van der Waals surface area contributed by atoms with Crippen molar-refractivity contribution in [1.82, 2.24) is 15.4 Å². The Labute approximate surface area is 122 Å². The Balaban J connectivity index is 1.97. The third-order valence-corrected chi connectivity index (χ3v) is 3.02. The van der Waals surface area contributed by atoms with Crippen molar-refractivity contribution in [2.75, 3.05) is 6.54 Å². The second-order valence-corrected chi connectivity index (χ2v) is 4.70. The van der Waals surface area contributed by atoms with Gasteiger partial charge in [-0.2, -0.15) is 5.10 Å². The Morgan fingerprint density at radius 3 is 3.10 bits per heavy atom. The number of hydrazone groups is 1. The molecule has 0 amide bonds. The molecule has 0 atom stereocenters. The molecule has 0 fully saturated rings. The molecule has 0 unspecified atom stereocenters. The van der Waals surface area contributed by atoms with Crippen molar-refractivity contribution in [1.29, 1.82) is 0 Å². The summed E-state index contributed by atoms with van der Waals surface area (Å²) in [4.78, 5) is 21.3. The number of rotatable bonds is 6. The zero-order chi connectivity index (χ0) is 15.1. The van der Waals surface area contributed by atoms with E-state index in [0.717, 1.165) is 30.3 Å². The van der Waals surface area contributed by atoms with E-state index < -0.39 is 0 Å². The average molecular weight is 288 g/mol. The van der Waals surface area contributed by atoms with Gasteiger partial charge in [-0.25, -0.2) is 5.43 Å². The Morgan fingerprint density at radius 1 is 1.43 bits per heavy atom. The van der Waals surface area contributed by atoms with Crippen LogP contribution in [0.2, 0.25) is 0 Å². The first-order chi connectivity index (χ1) is 10.2. The van der Waals surface area contributed by atoms with Crippen molar-refractivity contribution in [3.63, 3.8) is 0 Å². The predicted octanol–water partition coefficient (Wildman–Crippen LogP) is 1.28. The van der Waals surface area contributed by atoms with E-state index in [0.29, 0.717) is 12.1 Å². The molecule has 2 aromatic rings. The Bertz CT molecular complexity index is 697. The second-order valence-electron chi connectivity index (χ2n) is 4.70. The number of nitrogens with zero attached hydrogens (tertiary/aromatic N) is 2. The molecule has 0 aliphatic heterocycles. The highest BCUT2D eigenvalue weighted by Crippen LogP contribution is 2.10. The quantitative estimate of drug-likeness (QED) is 0.278. The van der Waals surface area contributed by atoms with Crippen LogP contribution in [-0.4, -0.2) is 28.7 Å². The molecule has 112 valence electrons. The van der Waals surface area contributed by atoms with Crippen LogP contribution < -0.4 is 16.7 Å². The van der Waals surface area contributed by atoms with Gasteiger partial charge in [0.25, 0.3) is 0 Å². The number of pyridine rings is 1. The number of hydrogen-bond donors (Lipinski definition) is 4. The minimum atomic E-state index is -0.151. The largest absolute Gasteiger partial charge is 0.369 e. The van der Waals surface area contributed by atoms with E-state index in [9.17, 15) is 4.79 Å². The Hall–Kier alpha value is -2.57. The van der Waals surface area contributed by atoms with Gasteiger partial charge in [-0.05, 0) is 12.5 Å². The predicted molar refractivity (Wildman–Crippen MR) is 85.7 cm³/mol. The molecular formula is C14H20N6O. The maximum atomic E-state index is 11.3. The number of aromatic nitrogens is 2. The molecule has 2 aromatic heterocycles. The van der Waals surface area contributed by atoms with Crippen LogP contribution >= 0.6 is 0 Å². The highest BCUT2D eigenvalue weighted by molar-refractivity contribution is 5.96. The first-order valence-corrected chi connectivity index (χ1v) is 7.00. The van der Waals surface area contributed by atoms with Gasteiger partial charge in [0.05, 0.1) is 17.2 Å². The normalized spacial score (nSPS) is 12.3. The minimum absolute atomic E-state index is 0.151. The molecule has 5 N–H and O–H groups in total. The molecule has 0 aromatic carbocycles. The molecule has 0 bridgehead atoms. The highest BCUT2D eigenvalue weighted by Gasteiger charge is 2.01. The average Bonchev–Trinajstić information content (AvgIpc) is 2.86. The fourth-order valence-electron chi connectivity index (χ4n) is 1.92. The maximum absolute atomic E-state index is 11.3. The van der Waals surface area contributed by atoms with E-state index in [1.54, 1.807) is 18.5 Å². The molecule has 2 heterocycles. The lowest BCUT2D eigenvalue weighted by Crippen LogP contribution is -2.27. The summed E-state index contributed by atoms with van der Waals surface area (Å²) < 4.78 is 0. The van der Waals surface area contributed by atoms with Crippen LogP contribution in [-0.2, 0) is 0 Å². The summed E-state index contributed by atoms with van der Waals surface area (Å²) >= 11 is 0. The monoisotopic (exact) mass is 288 g/mol. The number of aromatic amines is 2. The SMILES string of the molecule is CCCCCN=C(N)N/N=C/c1c[nH]c2ccc(=O)[nH]c12. The van der Waals surface area contributed by atoms with Gasteiger partial charge in [0.15, 0.2) is 0 Å². The molecule has 21 heavy (non-hydrogen) atoms. The first-order valence-electron chi connectivity index (χ1n) is 7.00. The molecule has 0 radical (unpaired) electrons. The van der Waals surface area contributed by atoms with Crippen molar-refractivity contribution in [3.8, 4) is 0 Å². The van der Waals surface area contributed by atoms with Crippen LogP contribution in [0.3, 0.4) is 0 Å². The molecular weight excluding hydrogens is 268 g/mol. The lowest BCUT2D eigenvalue weighted by Gasteiger charge is -1.99. The summed E-state index contributed by atoms with van der Waals surface area (Å²) in [6.07, 6.45) is 6.67. The Morgan fingerprint density at radius 2 is 2.29 bits per heavy atom. The molecule has 0 spiro atoms. The lowest BCUT2D eigenvalue weighted by molar-refractivity contribution is 0.725. The summed E-state index contributed by atoms with van der Waals surface area (Å²) in [5.41, 5.74) is 10.5. The molecule has 0 aliphatic rings. The van der Waals surface area contributed by atoms with Crippen molar-refractivity contribution in [2.24, 2.45) is 15.8 Å². The summed E-state index contributed by atoms with van der Waals surface area (Å²) in [7, 11) is 0. The fraction of sp³-hybridized carbons (Fsp3) is 0.357. The minimum Gasteiger partial charge on any atom is -0.369 e. The summed E-state index contributed by atoms with van der Waals surface area (Å²) in [5.74, 6) is 0.288. The van der Waals surface area contributed by atoms with Crippen LogP contribution in [0, 0.1) is 0 Å². The third-order valence-electron chi connectivity index (χ3n) is 3.02. The highest BCUT2D eigenvalue weighted by atomic mass is 16.1. The molecule has 0 aliphatic carbocycles. The van der Waals surface area contributed by atoms with Gasteiger partial charge in [0.2, 0.25) is 11.5 Å². The van der Waals surface area contributed by atoms with Gasteiger partial charge >= 0.3 is 0 Å². The van der Waals surface area contributed by atoms with Crippen molar-refractivity contribution in [2.45, 2.75) is 26.2 Å². The Kier molecular flexibility index (Phi) is 5.14. The van der Waals surface area contributed by atoms with Gasteiger partial charge in [-0.1, -0.05) is 19.8 Å². The summed E-state index contributed by atoms with van der Waals surface area (Å²) in [6.45, 7) is 2.84. The first kappa shape index (κ1) is 14.8. The standard InChI is InChI=1S/C14H20N6O/c1-2-3-4-7-16-14(15)20-18-9-10-8-17-11-5-6-12(21)19-13(10)11/h5-6,8-9,17H,2-4,7H2,1H3,(H,19,21)(H3,15,16,20)/b18-9+. The summed E-state index contributed by atoms with van der Waals surface area (Å²) in [6, 6.07) is 3.20. The van der Waals surface area contributed by atoms with E-state index in [1.165, 1.54) is 6.07 Å². The smallest absolute Gasteiger partial charge is 0.248 e. The number of unbranched alkanes of at least 4 members (excludes halogenated alkanes) is 2. The lowest BCUT2D eigenvalue weighted by atomic mass is 10.2. The van der Waals surface area contributed by atoms with Crippen molar-refractivity contribution < 1.29 is 0 Å². The molecule has 0 saturated carbocycles. The van der Waals surface area contributed by atoms with Crippen LogP contribution in [0.15, 0.2) is 33.2 Å². The van der Waals surface area contributed by atoms with Crippen LogP contribution in [0.5, 0.6) is 0 Å². The molecule has 2 rings (SSSR count). The number of hydrogen-bond acceptors (Lipinski definition) is 3. The topological polar surface area (TPSA) is 111 Å².